The number of nitrogens with zero attached hydrogens (tertiary/aromatic N) is 2. The van der Waals surface area contributed by atoms with Gasteiger partial charge in [0.15, 0.2) is 0 Å². The molecule has 1 unspecified atom stereocenters. The maximum absolute atomic E-state index is 9.17. The minimum Gasteiger partial charge on any atom is -0.390 e. The summed E-state index contributed by atoms with van der Waals surface area (Å²) in [4.78, 5) is 8.84. The van der Waals surface area contributed by atoms with Gasteiger partial charge in [0.2, 0.25) is 0 Å². The van der Waals surface area contributed by atoms with Gasteiger partial charge >= 0.3 is 0 Å². The molecule has 2 aromatic rings. The van der Waals surface area contributed by atoms with Crippen molar-refractivity contribution in [3.05, 3.63) is 59.2 Å². The molecule has 1 N–H and O–H groups in total. The molecule has 0 radical (unpaired) electrons. The quantitative estimate of drug-likeness (QED) is 0.877. The lowest BCUT2D eigenvalue weighted by atomic mass is 9.82. The molecule has 1 aromatic carbocycles. The van der Waals surface area contributed by atoms with E-state index in [-0.39, 0.29) is 12.5 Å². The average Bonchev–Trinajstić information content (AvgIpc) is 2.47. The predicted octanol–water partition coefficient (Wildman–Crippen LogP) is 2.44. The minimum atomic E-state index is -0.0239. The van der Waals surface area contributed by atoms with Gasteiger partial charge in [-0.2, -0.15) is 0 Å². The number of aliphatic hydroxyl groups excluding tert-OH is 1. The third-order valence-electron chi connectivity index (χ3n) is 3.57. The Balaban J connectivity index is 2.02. The van der Waals surface area contributed by atoms with E-state index in [1.807, 2.05) is 0 Å². The van der Waals surface area contributed by atoms with Gasteiger partial charge in [0.25, 0.3) is 0 Å². The highest BCUT2D eigenvalue weighted by molar-refractivity contribution is 5.36. The molecule has 0 bridgehead atoms. The number of fused-ring (bicyclic) bond motifs is 1. The van der Waals surface area contributed by atoms with Gasteiger partial charge in [-0.1, -0.05) is 24.3 Å². The number of benzene rings is 1. The number of aromatic nitrogens is 2. The Bertz CT molecular complexity index is 554. The fraction of sp³-hybridized carbons (Fsp3) is 0.333. The topological polar surface area (TPSA) is 46.0 Å². The van der Waals surface area contributed by atoms with Crippen molar-refractivity contribution in [1.29, 1.82) is 0 Å². The van der Waals surface area contributed by atoms with Crippen LogP contribution in [-0.4, -0.2) is 15.1 Å². The minimum absolute atomic E-state index is 0.0239. The van der Waals surface area contributed by atoms with Crippen molar-refractivity contribution in [2.45, 2.75) is 31.8 Å². The lowest BCUT2D eigenvalue weighted by molar-refractivity contribution is 0.276. The fourth-order valence-electron chi connectivity index (χ4n) is 2.69. The van der Waals surface area contributed by atoms with Crippen LogP contribution in [-0.2, 0) is 13.0 Å². The van der Waals surface area contributed by atoms with Gasteiger partial charge in [-0.15, -0.1) is 0 Å². The average molecular weight is 240 g/mol. The molecule has 1 aliphatic carbocycles. The molecule has 92 valence electrons. The molecule has 1 aromatic heterocycles. The number of aryl methyl sites for hydroxylation is 1. The first-order valence-electron chi connectivity index (χ1n) is 6.39. The normalized spacial score (nSPS) is 18.4. The molecule has 1 heterocycles. The first kappa shape index (κ1) is 11.4. The lowest BCUT2D eigenvalue weighted by Crippen LogP contribution is -2.14. The van der Waals surface area contributed by atoms with Crippen LogP contribution in [0, 0.1) is 0 Å². The van der Waals surface area contributed by atoms with Crippen molar-refractivity contribution >= 4 is 0 Å². The second-order valence-electron chi connectivity index (χ2n) is 4.71. The van der Waals surface area contributed by atoms with Gasteiger partial charge in [0.1, 0.15) is 5.82 Å². The van der Waals surface area contributed by atoms with Crippen LogP contribution in [0.15, 0.2) is 36.5 Å². The van der Waals surface area contributed by atoms with E-state index in [1.165, 1.54) is 17.5 Å². The summed E-state index contributed by atoms with van der Waals surface area (Å²) in [7, 11) is 0. The predicted molar refractivity (Wildman–Crippen MR) is 69.2 cm³/mol. The van der Waals surface area contributed by atoms with E-state index < -0.39 is 0 Å². The van der Waals surface area contributed by atoms with E-state index in [4.69, 9.17) is 5.11 Å². The van der Waals surface area contributed by atoms with E-state index in [9.17, 15) is 0 Å². The van der Waals surface area contributed by atoms with E-state index in [0.29, 0.717) is 5.69 Å². The van der Waals surface area contributed by atoms with Crippen LogP contribution < -0.4 is 0 Å². The highest BCUT2D eigenvalue weighted by Gasteiger charge is 2.23. The Morgan fingerprint density at radius 1 is 1.22 bits per heavy atom. The molecule has 3 nitrogen and oxygen atoms in total. The molecule has 0 amide bonds. The van der Waals surface area contributed by atoms with Gasteiger partial charge in [0.05, 0.1) is 12.3 Å². The van der Waals surface area contributed by atoms with E-state index in [1.54, 1.807) is 12.3 Å². The largest absolute Gasteiger partial charge is 0.390 e. The summed E-state index contributed by atoms with van der Waals surface area (Å²) in [6.45, 7) is -0.0239. The van der Waals surface area contributed by atoms with Crippen LogP contribution in [0.5, 0.6) is 0 Å². The Kier molecular flexibility index (Phi) is 3.07. The second-order valence-corrected chi connectivity index (χ2v) is 4.71. The molecule has 1 atom stereocenters. The third-order valence-corrected chi connectivity index (χ3v) is 3.57. The first-order chi connectivity index (χ1) is 8.88. The number of aliphatic hydroxyl groups is 1. The number of hydrogen-bond donors (Lipinski definition) is 1. The molecule has 0 fully saturated rings. The summed E-state index contributed by atoms with van der Waals surface area (Å²) in [6.07, 6.45) is 5.15. The van der Waals surface area contributed by atoms with Crippen LogP contribution in [0.25, 0.3) is 0 Å². The summed E-state index contributed by atoms with van der Waals surface area (Å²) in [5.41, 5.74) is 3.45. The second kappa shape index (κ2) is 4.86. The van der Waals surface area contributed by atoms with Crippen molar-refractivity contribution < 1.29 is 5.11 Å². The fourth-order valence-corrected chi connectivity index (χ4v) is 2.69. The van der Waals surface area contributed by atoms with Gasteiger partial charge in [0, 0.05) is 12.1 Å². The summed E-state index contributed by atoms with van der Waals surface area (Å²) >= 11 is 0. The molecule has 0 aliphatic heterocycles. The van der Waals surface area contributed by atoms with E-state index >= 15 is 0 Å². The molecule has 0 spiro atoms. The molecular formula is C15H16N2O. The van der Waals surface area contributed by atoms with Gasteiger partial charge < -0.3 is 5.11 Å². The monoisotopic (exact) mass is 240 g/mol. The van der Waals surface area contributed by atoms with Crippen LogP contribution in [0.4, 0.5) is 0 Å². The van der Waals surface area contributed by atoms with Gasteiger partial charge in [-0.05, 0) is 36.5 Å². The summed E-state index contributed by atoms with van der Waals surface area (Å²) in [5, 5.41) is 9.17. The maximum atomic E-state index is 9.17. The molecule has 3 heteroatoms. The molecule has 1 aliphatic rings. The zero-order valence-corrected chi connectivity index (χ0v) is 10.2. The molecule has 18 heavy (non-hydrogen) atoms. The number of rotatable bonds is 2. The standard InChI is InChI=1S/C15H16N2O/c18-10-12-8-9-16-15(17-12)14-7-3-5-11-4-1-2-6-13(11)14/h1-2,4,6,8-9,14,18H,3,5,7,10H2. The molecule has 0 saturated carbocycles. The highest BCUT2D eigenvalue weighted by Crippen LogP contribution is 2.34. The Morgan fingerprint density at radius 3 is 3.00 bits per heavy atom. The highest BCUT2D eigenvalue weighted by atomic mass is 16.3. The molecular weight excluding hydrogens is 224 g/mol. The zero-order valence-electron chi connectivity index (χ0n) is 10.2. The van der Waals surface area contributed by atoms with Crippen LogP contribution in [0.2, 0.25) is 0 Å². The maximum Gasteiger partial charge on any atom is 0.136 e. The van der Waals surface area contributed by atoms with Crippen molar-refractivity contribution in [2.75, 3.05) is 0 Å². The van der Waals surface area contributed by atoms with Crippen LogP contribution in [0.3, 0.4) is 0 Å². The van der Waals surface area contributed by atoms with Crippen molar-refractivity contribution in [3.8, 4) is 0 Å². The van der Waals surface area contributed by atoms with E-state index in [2.05, 4.69) is 34.2 Å². The van der Waals surface area contributed by atoms with Crippen molar-refractivity contribution in [2.24, 2.45) is 0 Å². The molecule has 0 saturated heterocycles. The Hall–Kier alpha value is -1.74. The Labute approximate surface area is 107 Å². The summed E-state index contributed by atoms with van der Waals surface area (Å²) in [5.74, 6) is 1.12. The first-order valence-corrected chi connectivity index (χ1v) is 6.39. The zero-order chi connectivity index (χ0) is 12.4. The van der Waals surface area contributed by atoms with Crippen LogP contribution in [0.1, 0.15) is 41.4 Å². The van der Waals surface area contributed by atoms with Crippen molar-refractivity contribution in [1.82, 2.24) is 9.97 Å². The van der Waals surface area contributed by atoms with E-state index in [0.717, 1.165) is 18.7 Å². The van der Waals surface area contributed by atoms with Crippen molar-refractivity contribution in [3.63, 3.8) is 0 Å². The van der Waals surface area contributed by atoms with Crippen LogP contribution >= 0.6 is 0 Å². The summed E-state index contributed by atoms with van der Waals surface area (Å²) < 4.78 is 0. The third kappa shape index (κ3) is 2.02. The lowest BCUT2D eigenvalue weighted by Gasteiger charge is -2.24. The Morgan fingerprint density at radius 2 is 2.11 bits per heavy atom. The summed E-state index contributed by atoms with van der Waals surface area (Å²) in [6, 6.07) is 10.3. The van der Waals surface area contributed by atoms with Gasteiger partial charge in [-0.3, -0.25) is 0 Å². The SMILES string of the molecule is OCc1ccnc(C2CCCc3ccccc32)n1. The smallest absolute Gasteiger partial charge is 0.136 e. The molecule has 3 rings (SSSR count). The van der Waals surface area contributed by atoms with Gasteiger partial charge in [-0.25, -0.2) is 9.97 Å². The number of hydrogen-bond acceptors (Lipinski definition) is 3.